The Kier molecular flexibility index (Phi) is 5.03. The van der Waals surface area contributed by atoms with Gasteiger partial charge in [0.05, 0.1) is 22.7 Å². The third kappa shape index (κ3) is 3.53. The first kappa shape index (κ1) is 22.8. The van der Waals surface area contributed by atoms with E-state index in [1.165, 1.54) is 13.0 Å². The molecule has 1 atom stereocenters. The molecule has 3 aromatic rings. The normalized spacial score (nSPS) is 16.3. The summed E-state index contributed by atoms with van der Waals surface area (Å²) >= 11 is 0. The zero-order valence-electron chi connectivity index (χ0n) is 18.7. The van der Waals surface area contributed by atoms with Crippen molar-refractivity contribution in [1.82, 2.24) is 10.2 Å². The van der Waals surface area contributed by atoms with Gasteiger partial charge in [0.1, 0.15) is 5.82 Å². The third-order valence-electron chi connectivity index (χ3n) is 6.20. The van der Waals surface area contributed by atoms with Crippen LogP contribution in [-0.2, 0) is 16.4 Å². The van der Waals surface area contributed by atoms with Crippen LogP contribution in [0.4, 0.5) is 34.8 Å². The van der Waals surface area contributed by atoms with Crippen LogP contribution in [0.2, 0.25) is 0 Å². The van der Waals surface area contributed by atoms with Gasteiger partial charge in [-0.15, -0.1) is 5.10 Å². The van der Waals surface area contributed by atoms with E-state index in [1.807, 2.05) is 19.9 Å². The number of aromatic nitrogens is 2. The second kappa shape index (κ2) is 7.29. The smallest absolute Gasteiger partial charge is 0.399 e. The maximum Gasteiger partial charge on any atom is 0.419 e. The highest BCUT2D eigenvalue weighted by Crippen LogP contribution is 2.44. The molecule has 6 nitrogen and oxygen atoms in total. The molecule has 33 heavy (non-hydrogen) atoms. The number of amides is 1. The number of carbonyl (C=O) groups excluding carboxylic acids is 1. The van der Waals surface area contributed by atoms with Crippen LogP contribution in [0, 0.1) is 12.7 Å². The van der Waals surface area contributed by atoms with E-state index in [-0.39, 0.29) is 23.0 Å². The first-order valence-corrected chi connectivity index (χ1v) is 10.3. The lowest BCUT2D eigenvalue weighted by molar-refractivity contribution is -0.140. The summed E-state index contributed by atoms with van der Waals surface area (Å²) in [6.07, 6.45) is -4.88. The van der Waals surface area contributed by atoms with Gasteiger partial charge in [-0.3, -0.25) is 4.79 Å². The van der Waals surface area contributed by atoms with E-state index < -0.39 is 29.0 Å². The fourth-order valence-corrected chi connectivity index (χ4v) is 4.32. The molecule has 1 amide bonds. The van der Waals surface area contributed by atoms with Gasteiger partial charge in [0.15, 0.2) is 5.82 Å². The Morgan fingerprint density at radius 3 is 2.42 bits per heavy atom. The highest BCUT2D eigenvalue weighted by molar-refractivity contribution is 6.10. The van der Waals surface area contributed by atoms with Crippen LogP contribution in [0.1, 0.15) is 49.2 Å². The van der Waals surface area contributed by atoms with E-state index in [9.17, 15) is 22.4 Å². The molecule has 0 saturated carbocycles. The van der Waals surface area contributed by atoms with Gasteiger partial charge in [0, 0.05) is 34.8 Å². The fourth-order valence-electron chi connectivity index (χ4n) is 4.32. The number of rotatable bonds is 3. The molecule has 2 heterocycles. The van der Waals surface area contributed by atoms with Crippen molar-refractivity contribution in [2.45, 2.75) is 45.3 Å². The van der Waals surface area contributed by atoms with Gasteiger partial charge in [0.25, 0.3) is 0 Å². The summed E-state index contributed by atoms with van der Waals surface area (Å²) in [6.45, 7) is 6.97. The number of nitrogens with zero attached hydrogens (tertiary/aromatic N) is 3. The number of nitrogens with two attached hydrogens (primary N) is 1. The van der Waals surface area contributed by atoms with E-state index in [4.69, 9.17) is 5.73 Å². The van der Waals surface area contributed by atoms with Gasteiger partial charge in [-0.05, 0) is 57.5 Å². The summed E-state index contributed by atoms with van der Waals surface area (Å²) < 4.78 is 54.5. The summed E-state index contributed by atoms with van der Waals surface area (Å²) in [7, 11) is 1.68. The fraction of sp³-hybridized carbons (Fsp3) is 0.348. The number of benzene rings is 2. The number of anilines is 3. The Labute approximate surface area is 187 Å². The molecule has 0 saturated heterocycles. The van der Waals surface area contributed by atoms with Gasteiger partial charge in [0.2, 0.25) is 5.91 Å². The number of carbonyl (C=O) groups is 1. The number of fused-ring (bicyclic) bond motifs is 2. The van der Waals surface area contributed by atoms with Crippen molar-refractivity contribution in [2.24, 2.45) is 0 Å². The molecule has 0 aliphatic carbocycles. The van der Waals surface area contributed by atoms with E-state index in [0.717, 1.165) is 10.9 Å². The van der Waals surface area contributed by atoms with Crippen molar-refractivity contribution >= 4 is 33.9 Å². The van der Waals surface area contributed by atoms with Crippen molar-refractivity contribution in [2.75, 3.05) is 23.0 Å². The zero-order valence-corrected chi connectivity index (χ0v) is 18.7. The molecule has 0 spiro atoms. The number of hydrogen-bond donors (Lipinski definition) is 2. The van der Waals surface area contributed by atoms with E-state index in [2.05, 4.69) is 15.5 Å². The maximum absolute atomic E-state index is 14.7. The molecule has 0 fully saturated rings. The molecule has 1 aromatic heterocycles. The summed E-state index contributed by atoms with van der Waals surface area (Å²) in [5, 5.41) is 12.6. The molecular weight excluding hydrogens is 438 g/mol. The Balaban J connectivity index is 1.82. The molecule has 4 rings (SSSR count). The van der Waals surface area contributed by atoms with E-state index >= 15 is 0 Å². The van der Waals surface area contributed by atoms with E-state index in [1.54, 1.807) is 24.9 Å². The minimum Gasteiger partial charge on any atom is -0.399 e. The molecule has 2 aromatic carbocycles. The van der Waals surface area contributed by atoms with Crippen LogP contribution in [0.25, 0.3) is 10.8 Å². The first-order valence-electron chi connectivity index (χ1n) is 10.3. The minimum atomic E-state index is -4.88. The summed E-state index contributed by atoms with van der Waals surface area (Å²) in [5.74, 6) is -1.20. The van der Waals surface area contributed by atoms with Crippen LogP contribution in [0.5, 0.6) is 0 Å². The largest absolute Gasteiger partial charge is 0.419 e. The average Bonchev–Trinajstić information content (AvgIpc) is 2.89. The third-order valence-corrected chi connectivity index (χ3v) is 6.20. The predicted octanol–water partition coefficient (Wildman–Crippen LogP) is 5.11. The van der Waals surface area contributed by atoms with Crippen LogP contribution in [0.3, 0.4) is 0 Å². The summed E-state index contributed by atoms with van der Waals surface area (Å²) in [6, 6.07) is 4.52. The lowest BCUT2D eigenvalue weighted by atomic mass is 9.85. The summed E-state index contributed by atoms with van der Waals surface area (Å²) in [5.41, 5.74) is 5.21. The second-order valence-electron chi connectivity index (χ2n) is 8.87. The van der Waals surface area contributed by atoms with Crippen molar-refractivity contribution in [3.05, 3.63) is 52.5 Å². The number of aryl methyl sites for hydroxylation is 1. The standard InChI is InChI=1S/C23H23F4N5O/c1-10(14-6-12(28)7-17(19(14)24)23(25,26)27)29-20-15-9-18-16(8-13(15)11(2)30-31-20)22(3,4)21(33)32(18)5/h6-10H,28H2,1-5H3,(H,29,31)/t10-/m1/s1. The van der Waals surface area contributed by atoms with Gasteiger partial charge in [-0.2, -0.15) is 18.3 Å². The second-order valence-corrected chi connectivity index (χ2v) is 8.87. The molecule has 1 aliphatic rings. The lowest BCUT2D eigenvalue weighted by Gasteiger charge is -2.20. The van der Waals surface area contributed by atoms with E-state index in [0.29, 0.717) is 22.8 Å². The number of nitrogen functional groups attached to an aromatic ring is 1. The zero-order chi connectivity index (χ0) is 24.5. The van der Waals surface area contributed by atoms with Gasteiger partial charge in [-0.25, -0.2) is 4.39 Å². The molecular formula is C23H23F4N5O. The predicted molar refractivity (Wildman–Crippen MR) is 119 cm³/mol. The number of nitrogens with one attached hydrogen (secondary N) is 1. The first-order chi connectivity index (χ1) is 15.2. The van der Waals surface area contributed by atoms with Crippen molar-refractivity contribution in [3.63, 3.8) is 0 Å². The number of likely N-dealkylation sites (N-methyl/N-ethyl adjacent to an activating group) is 1. The maximum atomic E-state index is 14.7. The Morgan fingerprint density at radius 2 is 1.79 bits per heavy atom. The molecule has 10 heteroatoms. The Hall–Kier alpha value is -3.43. The molecule has 1 aliphatic heterocycles. The van der Waals surface area contributed by atoms with Gasteiger partial charge in [-0.1, -0.05) is 0 Å². The Bertz CT molecular complexity index is 1300. The lowest BCUT2D eigenvalue weighted by Crippen LogP contribution is -2.33. The van der Waals surface area contributed by atoms with Crippen molar-refractivity contribution in [1.29, 1.82) is 0 Å². The molecule has 0 bridgehead atoms. The number of alkyl halides is 3. The molecule has 0 radical (unpaired) electrons. The SMILES string of the molecule is Cc1nnc(N[C@H](C)c2cc(N)cc(C(F)(F)F)c2F)c2cc3c(cc12)C(C)(C)C(=O)N3C. The van der Waals surface area contributed by atoms with Crippen LogP contribution >= 0.6 is 0 Å². The van der Waals surface area contributed by atoms with Gasteiger partial charge < -0.3 is 16.0 Å². The Morgan fingerprint density at radius 1 is 1.12 bits per heavy atom. The monoisotopic (exact) mass is 461 g/mol. The molecule has 3 N–H and O–H groups in total. The van der Waals surface area contributed by atoms with Crippen molar-refractivity contribution < 1.29 is 22.4 Å². The molecule has 174 valence electrons. The van der Waals surface area contributed by atoms with Crippen molar-refractivity contribution in [3.8, 4) is 0 Å². The molecule has 0 unspecified atom stereocenters. The number of hydrogen-bond acceptors (Lipinski definition) is 5. The highest BCUT2D eigenvalue weighted by Gasteiger charge is 2.42. The van der Waals surface area contributed by atoms with Crippen LogP contribution in [-0.4, -0.2) is 23.2 Å². The van der Waals surface area contributed by atoms with Gasteiger partial charge >= 0.3 is 6.18 Å². The number of halogens is 4. The highest BCUT2D eigenvalue weighted by atomic mass is 19.4. The van der Waals surface area contributed by atoms with Crippen LogP contribution < -0.4 is 16.0 Å². The van der Waals surface area contributed by atoms with Crippen LogP contribution in [0.15, 0.2) is 24.3 Å². The topological polar surface area (TPSA) is 84.1 Å². The minimum absolute atomic E-state index is 0.0595. The summed E-state index contributed by atoms with van der Waals surface area (Å²) in [4.78, 5) is 14.3. The quantitative estimate of drug-likeness (QED) is 0.419. The average molecular weight is 461 g/mol.